The van der Waals surface area contributed by atoms with Crippen LogP contribution < -0.4 is 4.74 Å². The number of likely N-dealkylation sites (tertiary alicyclic amines) is 1. The Morgan fingerprint density at radius 1 is 1.07 bits per heavy atom. The summed E-state index contributed by atoms with van der Waals surface area (Å²) >= 11 is 0. The number of ether oxygens (including phenoxy) is 1. The highest BCUT2D eigenvalue weighted by atomic mass is 32.3. The van der Waals surface area contributed by atoms with Crippen molar-refractivity contribution in [3.63, 3.8) is 0 Å². The average Bonchev–Trinajstić information content (AvgIpc) is 3.10. The highest BCUT2D eigenvalue weighted by Crippen LogP contribution is 2.33. The number of para-hydroxylation sites is 1. The first kappa shape index (κ1) is 21.9. The van der Waals surface area contributed by atoms with Gasteiger partial charge in [-0.15, -0.1) is 0 Å². The average molecular weight is 404 g/mol. The van der Waals surface area contributed by atoms with E-state index in [1.807, 2.05) is 54.6 Å². The molecular weight excluding hydrogens is 380 g/mol. The minimum Gasteiger partial charge on any atom is -0.726 e. The fraction of sp³-hybridized carbons (Fsp3) is 0.350. The van der Waals surface area contributed by atoms with E-state index in [4.69, 9.17) is 4.74 Å². The fourth-order valence-corrected chi connectivity index (χ4v) is 3.26. The van der Waals surface area contributed by atoms with E-state index in [0.717, 1.165) is 41.7 Å². The van der Waals surface area contributed by atoms with E-state index in [1.54, 1.807) is 0 Å². The maximum Gasteiger partial charge on any atom is 0.217 e. The van der Waals surface area contributed by atoms with E-state index < -0.39 is 10.4 Å². The molecule has 1 saturated heterocycles. The molecule has 1 aliphatic rings. The van der Waals surface area contributed by atoms with Gasteiger partial charge in [0.25, 0.3) is 0 Å². The number of hydrogen-bond donors (Lipinski definition) is 0. The van der Waals surface area contributed by atoms with Crippen LogP contribution in [0, 0.1) is 11.3 Å². The van der Waals surface area contributed by atoms with Gasteiger partial charge in [0.15, 0.2) is 0 Å². The Hall–Kier alpha value is -2.44. The molecule has 2 aromatic carbocycles. The van der Waals surface area contributed by atoms with E-state index in [0.29, 0.717) is 0 Å². The van der Waals surface area contributed by atoms with Crippen LogP contribution in [0.25, 0.3) is 0 Å². The number of hydrogen-bond acceptors (Lipinski definition) is 6. The van der Waals surface area contributed by atoms with Crippen molar-refractivity contribution in [2.45, 2.75) is 18.9 Å². The van der Waals surface area contributed by atoms with Crippen LogP contribution >= 0.6 is 0 Å². The minimum absolute atomic E-state index is 0.123. The van der Waals surface area contributed by atoms with Gasteiger partial charge >= 0.3 is 0 Å². The van der Waals surface area contributed by atoms with Crippen molar-refractivity contribution in [1.29, 1.82) is 5.26 Å². The standard InChI is InChI=1S/C19H21N2O.CH4O4S/c1-21(12-5-6-13-21)19(15-20)16-8-7-11-18(14-16)22-17-9-3-2-4-10-17;1-5-6(2,3)4/h2-4,7-11,14,19H,5-6,12-13H2,1H3;1H3,(H,2,3,4)/q+1;/p-1. The summed E-state index contributed by atoms with van der Waals surface area (Å²) in [7, 11) is -1.42. The van der Waals surface area contributed by atoms with E-state index in [1.165, 1.54) is 12.8 Å². The molecule has 0 N–H and O–H groups in total. The van der Waals surface area contributed by atoms with Gasteiger partial charge in [0.1, 0.15) is 17.6 Å². The van der Waals surface area contributed by atoms with Crippen molar-refractivity contribution in [3.8, 4) is 17.6 Å². The van der Waals surface area contributed by atoms with Crippen LogP contribution in [0.1, 0.15) is 24.4 Å². The molecule has 0 amide bonds. The first-order valence-electron chi connectivity index (χ1n) is 8.85. The second-order valence-corrected chi connectivity index (χ2v) is 7.88. The topological polar surface area (TPSA) is 99.5 Å². The number of benzene rings is 2. The molecule has 0 aromatic heterocycles. The van der Waals surface area contributed by atoms with E-state index in [-0.39, 0.29) is 6.04 Å². The van der Waals surface area contributed by atoms with Gasteiger partial charge in [-0.3, -0.25) is 4.18 Å². The molecule has 3 rings (SSSR count). The van der Waals surface area contributed by atoms with E-state index in [2.05, 4.69) is 17.3 Å². The highest BCUT2D eigenvalue weighted by molar-refractivity contribution is 7.80. The molecule has 0 spiro atoms. The Balaban J connectivity index is 0.000000409. The summed E-state index contributed by atoms with van der Waals surface area (Å²) in [5.41, 5.74) is 1.04. The molecule has 1 aliphatic heterocycles. The van der Waals surface area contributed by atoms with Crippen LogP contribution in [-0.2, 0) is 14.6 Å². The largest absolute Gasteiger partial charge is 0.726 e. The lowest BCUT2D eigenvalue weighted by Crippen LogP contribution is -2.43. The molecule has 7 nitrogen and oxygen atoms in total. The summed E-state index contributed by atoms with van der Waals surface area (Å²) in [5.74, 6) is 1.60. The lowest BCUT2D eigenvalue weighted by molar-refractivity contribution is -0.920. The molecule has 1 fully saturated rings. The van der Waals surface area contributed by atoms with Crippen molar-refractivity contribution >= 4 is 10.4 Å². The van der Waals surface area contributed by atoms with Crippen molar-refractivity contribution < 1.29 is 26.4 Å². The number of quaternary nitrogens is 1. The summed E-state index contributed by atoms with van der Waals surface area (Å²) in [6.45, 7) is 2.14. The normalized spacial score (nSPS) is 16.4. The Bertz CT molecular complexity index is 904. The summed E-state index contributed by atoms with van der Waals surface area (Å²) in [4.78, 5) is 0. The molecule has 1 heterocycles. The zero-order chi connectivity index (χ0) is 20.6. The third-order valence-corrected chi connectivity index (χ3v) is 5.10. The second kappa shape index (κ2) is 9.66. The summed E-state index contributed by atoms with van der Waals surface area (Å²) in [6.07, 6.45) is 2.41. The SMILES string of the molecule is COS(=O)(=O)[O-].C[N+]1(C(C#N)c2cccc(Oc3ccccc3)c2)CCCC1. The highest BCUT2D eigenvalue weighted by Gasteiger charge is 2.37. The van der Waals surface area contributed by atoms with Gasteiger partial charge in [0.2, 0.25) is 16.4 Å². The molecule has 0 bridgehead atoms. The molecule has 8 heteroatoms. The van der Waals surface area contributed by atoms with Crippen LogP contribution in [0.4, 0.5) is 0 Å². The van der Waals surface area contributed by atoms with Crippen LogP contribution in [0.15, 0.2) is 54.6 Å². The Labute approximate surface area is 166 Å². The zero-order valence-electron chi connectivity index (χ0n) is 15.9. The molecule has 1 atom stereocenters. The van der Waals surface area contributed by atoms with Gasteiger partial charge in [-0.05, 0) is 24.3 Å². The van der Waals surface area contributed by atoms with Gasteiger partial charge in [0.05, 0.1) is 27.2 Å². The van der Waals surface area contributed by atoms with Crippen molar-refractivity contribution in [3.05, 3.63) is 60.2 Å². The van der Waals surface area contributed by atoms with Crippen molar-refractivity contribution in [2.24, 2.45) is 0 Å². The van der Waals surface area contributed by atoms with Gasteiger partial charge in [-0.2, -0.15) is 5.26 Å². The minimum atomic E-state index is -4.41. The zero-order valence-corrected chi connectivity index (χ0v) is 16.8. The summed E-state index contributed by atoms with van der Waals surface area (Å²) < 4.78 is 37.7. The lowest BCUT2D eigenvalue weighted by atomic mass is 10.0. The molecule has 2 aromatic rings. The van der Waals surface area contributed by atoms with E-state index in [9.17, 15) is 18.2 Å². The predicted octanol–water partition coefficient (Wildman–Crippen LogP) is 3.38. The van der Waals surface area contributed by atoms with Gasteiger partial charge in [0, 0.05) is 18.4 Å². The van der Waals surface area contributed by atoms with Crippen LogP contribution in [0.5, 0.6) is 11.5 Å². The van der Waals surface area contributed by atoms with Crippen LogP contribution in [-0.4, -0.2) is 44.7 Å². The fourth-order valence-electron chi connectivity index (χ4n) is 3.26. The molecular formula is C20H24N2O5S. The number of nitrogens with zero attached hydrogens (tertiary/aromatic N) is 2. The first-order valence-corrected chi connectivity index (χ1v) is 10.2. The third-order valence-electron chi connectivity index (χ3n) is 4.69. The maximum absolute atomic E-state index is 9.68. The molecule has 0 saturated carbocycles. The molecule has 28 heavy (non-hydrogen) atoms. The smallest absolute Gasteiger partial charge is 0.217 e. The number of rotatable bonds is 5. The van der Waals surface area contributed by atoms with Gasteiger partial charge in [-0.1, -0.05) is 30.3 Å². The molecule has 0 radical (unpaired) electrons. The van der Waals surface area contributed by atoms with Crippen molar-refractivity contribution in [2.75, 3.05) is 27.2 Å². The van der Waals surface area contributed by atoms with Crippen LogP contribution in [0.2, 0.25) is 0 Å². The monoisotopic (exact) mass is 404 g/mol. The first-order chi connectivity index (χ1) is 13.3. The van der Waals surface area contributed by atoms with Crippen LogP contribution in [0.3, 0.4) is 0 Å². The second-order valence-electron chi connectivity index (χ2n) is 6.73. The van der Waals surface area contributed by atoms with Gasteiger partial charge in [-0.25, -0.2) is 8.42 Å². The Morgan fingerprint density at radius 3 is 2.18 bits per heavy atom. The summed E-state index contributed by atoms with van der Waals surface area (Å²) in [6, 6.07) is 20.1. The molecule has 150 valence electrons. The number of nitriles is 1. The summed E-state index contributed by atoms with van der Waals surface area (Å²) in [5, 5.41) is 9.68. The lowest BCUT2D eigenvalue weighted by Gasteiger charge is -2.34. The Morgan fingerprint density at radius 2 is 1.64 bits per heavy atom. The third kappa shape index (κ3) is 6.32. The Kier molecular flexibility index (Phi) is 7.54. The molecule has 1 unspecified atom stereocenters. The predicted molar refractivity (Wildman–Crippen MR) is 103 cm³/mol. The van der Waals surface area contributed by atoms with Gasteiger partial charge < -0.3 is 13.8 Å². The maximum atomic E-state index is 9.68. The molecule has 0 aliphatic carbocycles. The van der Waals surface area contributed by atoms with Crippen molar-refractivity contribution in [1.82, 2.24) is 0 Å². The van der Waals surface area contributed by atoms with E-state index >= 15 is 0 Å². The quantitative estimate of drug-likeness (QED) is 0.430.